The maximum absolute atomic E-state index is 12.6. The second-order valence-corrected chi connectivity index (χ2v) is 6.87. The van der Waals surface area contributed by atoms with E-state index in [0.717, 1.165) is 15.7 Å². The van der Waals surface area contributed by atoms with Crippen LogP contribution in [0.1, 0.15) is 13.8 Å². The Labute approximate surface area is 149 Å². The van der Waals surface area contributed by atoms with Crippen LogP contribution in [0.4, 0.5) is 5.69 Å². The fraction of sp³-hybridized carbons (Fsp3) is 0.294. The van der Waals surface area contributed by atoms with Gasteiger partial charge in [-0.15, -0.1) is 0 Å². The summed E-state index contributed by atoms with van der Waals surface area (Å²) in [4.78, 5) is 21.8. The highest BCUT2D eigenvalue weighted by atomic mass is 35.5. The Hall–Kier alpha value is -2.85. The van der Waals surface area contributed by atoms with E-state index in [4.69, 9.17) is 11.6 Å². The quantitative estimate of drug-likeness (QED) is 0.776. The number of aromatic amines is 1. The van der Waals surface area contributed by atoms with Crippen molar-refractivity contribution in [3.05, 3.63) is 45.8 Å². The molecule has 3 aromatic rings. The molecule has 0 aliphatic carbocycles. The zero-order chi connectivity index (χ0) is 18.2. The molecule has 7 nitrogen and oxygen atoms in total. The summed E-state index contributed by atoms with van der Waals surface area (Å²) >= 11 is 6.27. The van der Waals surface area contributed by atoms with Gasteiger partial charge in [-0.25, -0.2) is 4.98 Å². The Balaban J connectivity index is 2.01. The Kier molecular flexibility index (Phi) is 4.23. The van der Waals surface area contributed by atoms with Crippen LogP contribution < -0.4 is 10.5 Å². The third-order valence-electron chi connectivity index (χ3n) is 3.82. The number of para-hydroxylation sites is 2. The molecule has 0 bridgehead atoms. The van der Waals surface area contributed by atoms with Crippen molar-refractivity contribution in [2.45, 2.75) is 13.8 Å². The second kappa shape index (κ2) is 6.22. The molecule has 0 saturated carbocycles. The molecule has 128 valence electrons. The van der Waals surface area contributed by atoms with Gasteiger partial charge in [0.15, 0.2) is 0 Å². The summed E-state index contributed by atoms with van der Waals surface area (Å²) in [7, 11) is 1.77. The van der Waals surface area contributed by atoms with Crippen molar-refractivity contribution in [2.75, 3.05) is 18.5 Å². The predicted octanol–water partition coefficient (Wildman–Crippen LogP) is 2.75. The van der Waals surface area contributed by atoms with Crippen LogP contribution in [0.2, 0.25) is 5.02 Å². The molecule has 2 aromatic heterocycles. The number of aromatic nitrogens is 4. The van der Waals surface area contributed by atoms with Crippen LogP contribution in [0.5, 0.6) is 0 Å². The molecule has 0 fully saturated rings. The Morgan fingerprint density at radius 2 is 2.12 bits per heavy atom. The van der Waals surface area contributed by atoms with Crippen molar-refractivity contribution < 1.29 is 0 Å². The monoisotopic (exact) mass is 356 g/mol. The Morgan fingerprint density at radius 3 is 2.80 bits per heavy atom. The molecule has 8 heteroatoms. The summed E-state index contributed by atoms with van der Waals surface area (Å²) in [5.41, 5.74) is 0.965. The number of nitriles is 1. The van der Waals surface area contributed by atoms with Crippen LogP contribution in [0.15, 0.2) is 35.3 Å². The van der Waals surface area contributed by atoms with E-state index >= 15 is 0 Å². The SMILES string of the molecule is CN(CC(C)(C)C#N)c1cnn(-c2nc3ccccc3[nH]2)c(=O)c1Cl. The average Bonchev–Trinajstić information content (AvgIpc) is 3.00. The summed E-state index contributed by atoms with van der Waals surface area (Å²) in [6.07, 6.45) is 1.50. The number of halogens is 1. The molecule has 0 atom stereocenters. The first-order chi connectivity index (χ1) is 11.8. The minimum atomic E-state index is -0.578. The maximum Gasteiger partial charge on any atom is 0.295 e. The van der Waals surface area contributed by atoms with E-state index in [-0.39, 0.29) is 5.02 Å². The molecule has 3 rings (SSSR count). The molecular weight excluding hydrogens is 340 g/mol. The third kappa shape index (κ3) is 3.21. The lowest BCUT2D eigenvalue weighted by Gasteiger charge is -2.26. The molecule has 2 heterocycles. The lowest BCUT2D eigenvalue weighted by Crippen LogP contribution is -2.33. The number of nitrogens with zero attached hydrogens (tertiary/aromatic N) is 5. The molecule has 0 unspecified atom stereocenters. The largest absolute Gasteiger partial charge is 0.370 e. The highest BCUT2D eigenvalue weighted by Gasteiger charge is 2.22. The number of hydrogen-bond donors (Lipinski definition) is 1. The third-order valence-corrected chi connectivity index (χ3v) is 4.18. The molecule has 0 spiro atoms. The van der Waals surface area contributed by atoms with Gasteiger partial charge in [-0.1, -0.05) is 23.7 Å². The molecule has 1 aromatic carbocycles. The smallest absolute Gasteiger partial charge is 0.295 e. The number of hydrogen-bond acceptors (Lipinski definition) is 5. The normalized spacial score (nSPS) is 11.5. The number of rotatable bonds is 4. The fourth-order valence-corrected chi connectivity index (χ4v) is 2.87. The van der Waals surface area contributed by atoms with Crippen LogP contribution in [0, 0.1) is 16.7 Å². The molecule has 0 aliphatic heterocycles. The maximum atomic E-state index is 12.6. The molecular formula is C17H17ClN6O. The van der Waals surface area contributed by atoms with Crippen molar-refractivity contribution in [2.24, 2.45) is 5.41 Å². The summed E-state index contributed by atoms with van der Waals surface area (Å²) in [5.74, 6) is 0.305. The van der Waals surface area contributed by atoms with E-state index in [1.54, 1.807) is 11.9 Å². The zero-order valence-corrected chi connectivity index (χ0v) is 14.9. The predicted molar refractivity (Wildman–Crippen MR) is 97.2 cm³/mol. The van der Waals surface area contributed by atoms with Crippen molar-refractivity contribution in [3.8, 4) is 12.0 Å². The second-order valence-electron chi connectivity index (χ2n) is 6.49. The van der Waals surface area contributed by atoms with E-state index in [1.807, 2.05) is 38.1 Å². The molecule has 0 radical (unpaired) electrons. The number of nitrogens with one attached hydrogen (secondary N) is 1. The Bertz CT molecular complexity index is 997. The average molecular weight is 357 g/mol. The van der Waals surface area contributed by atoms with Gasteiger partial charge in [0.25, 0.3) is 5.56 Å². The minimum Gasteiger partial charge on any atom is -0.370 e. The highest BCUT2D eigenvalue weighted by molar-refractivity contribution is 6.33. The first-order valence-electron chi connectivity index (χ1n) is 7.68. The van der Waals surface area contributed by atoms with Crippen molar-refractivity contribution in [1.82, 2.24) is 19.7 Å². The fourth-order valence-electron chi connectivity index (χ4n) is 2.59. The summed E-state index contributed by atoms with van der Waals surface area (Å²) in [6, 6.07) is 9.68. The lowest BCUT2D eigenvalue weighted by molar-refractivity contribution is 0.497. The molecule has 0 amide bonds. The topological polar surface area (TPSA) is 90.6 Å². The van der Waals surface area contributed by atoms with Gasteiger partial charge in [0.2, 0.25) is 5.95 Å². The lowest BCUT2D eigenvalue weighted by atomic mass is 9.95. The van der Waals surface area contributed by atoms with Gasteiger partial charge in [0.05, 0.1) is 34.4 Å². The van der Waals surface area contributed by atoms with Crippen LogP contribution >= 0.6 is 11.6 Å². The van der Waals surface area contributed by atoms with Crippen molar-refractivity contribution in [3.63, 3.8) is 0 Å². The molecule has 0 saturated heterocycles. The van der Waals surface area contributed by atoms with Crippen LogP contribution in [0.25, 0.3) is 17.0 Å². The summed E-state index contributed by atoms with van der Waals surface area (Å²) in [5, 5.41) is 13.4. The number of benzene rings is 1. The highest BCUT2D eigenvalue weighted by Crippen LogP contribution is 2.24. The zero-order valence-electron chi connectivity index (χ0n) is 14.1. The summed E-state index contributed by atoms with van der Waals surface area (Å²) < 4.78 is 1.13. The van der Waals surface area contributed by atoms with Crippen LogP contribution in [-0.2, 0) is 0 Å². The van der Waals surface area contributed by atoms with Gasteiger partial charge >= 0.3 is 0 Å². The number of imidazole rings is 1. The van der Waals surface area contributed by atoms with E-state index in [0.29, 0.717) is 18.2 Å². The van der Waals surface area contributed by atoms with Gasteiger partial charge in [0.1, 0.15) is 5.02 Å². The van der Waals surface area contributed by atoms with Gasteiger partial charge in [-0.05, 0) is 26.0 Å². The van der Waals surface area contributed by atoms with Crippen molar-refractivity contribution in [1.29, 1.82) is 5.26 Å². The van der Waals surface area contributed by atoms with E-state index < -0.39 is 11.0 Å². The van der Waals surface area contributed by atoms with E-state index in [2.05, 4.69) is 21.1 Å². The van der Waals surface area contributed by atoms with Gasteiger partial charge in [-0.2, -0.15) is 15.0 Å². The van der Waals surface area contributed by atoms with Crippen molar-refractivity contribution >= 4 is 28.3 Å². The van der Waals surface area contributed by atoms with Crippen LogP contribution in [0.3, 0.4) is 0 Å². The van der Waals surface area contributed by atoms with Gasteiger partial charge in [-0.3, -0.25) is 4.79 Å². The molecule has 0 aliphatic rings. The van der Waals surface area contributed by atoms with E-state index in [9.17, 15) is 10.1 Å². The summed E-state index contributed by atoms with van der Waals surface area (Å²) in [6.45, 7) is 4.06. The van der Waals surface area contributed by atoms with Gasteiger partial charge in [0, 0.05) is 13.6 Å². The van der Waals surface area contributed by atoms with Crippen LogP contribution in [-0.4, -0.2) is 33.3 Å². The molecule has 25 heavy (non-hydrogen) atoms. The molecule has 1 N–H and O–H groups in total. The first-order valence-corrected chi connectivity index (χ1v) is 8.05. The number of fused-ring (bicyclic) bond motifs is 1. The van der Waals surface area contributed by atoms with E-state index in [1.165, 1.54) is 6.20 Å². The Morgan fingerprint density at radius 1 is 1.40 bits per heavy atom. The first kappa shape index (κ1) is 17.0. The number of H-pyrrole nitrogens is 1. The van der Waals surface area contributed by atoms with Gasteiger partial charge < -0.3 is 9.88 Å². The standard InChI is InChI=1S/C17H17ClN6O/c1-17(2,9-19)10-23(3)13-8-20-24(15(25)14(13)18)16-21-11-6-4-5-7-12(11)22-16/h4-8H,10H2,1-3H3,(H,21,22). The number of anilines is 1. The minimum absolute atomic E-state index is 0.0340.